The minimum absolute atomic E-state index is 0.00592. The summed E-state index contributed by atoms with van der Waals surface area (Å²) in [4.78, 5) is 52.3. The van der Waals surface area contributed by atoms with Crippen LogP contribution in [0.2, 0.25) is 0 Å². The van der Waals surface area contributed by atoms with Crippen molar-refractivity contribution >= 4 is 33.7 Å². The van der Waals surface area contributed by atoms with E-state index in [9.17, 15) is 32.7 Å². The molecule has 2 N–H and O–H groups in total. The third kappa shape index (κ3) is 6.15. The molecule has 6 aliphatic rings. The van der Waals surface area contributed by atoms with Crippen molar-refractivity contribution in [2.24, 2.45) is 50.7 Å². The van der Waals surface area contributed by atoms with E-state index in [0.717, 1.165) is 50.5 Å². The van der Waals surface area contributed by atoms with E-state index in [4.69, 9.17) is 9.47 Å². The number of aliphatic carboxylic acids is 1. The monoisotopic (exact) mass is 745 g/mol. The summed E-state index contributed by atoms with van der Waals surface area (Å²) in [7, 11) is -3.09. The number of carboxylic acids is 1. The van der Waals surface area contributed by atoms with Gasteiger partial charge in [0, 0.05) is 17.8 Å². The number of ether oxygens (including phenoxy) is 2. The van der Waals surface area contributed by atoms with Gasteiger partial charge in [-0.05, 0) is 118 Å². The molecule has 1 heterocycles. The average molecular weight is 746 g/mol. The summed E-state index contributed by atoms with van der Waals surface area (Å²) in [6.07, 6.45) is 6.44. The van der Waals surface area contributed by atoms with Gasteiger partial charge < -0.3 is 19.9 Å². The molecule has 292 valence electrons. The van der Waals surface area contributed by atoms with Crippen molar-refractivity contribution in [2.45, 2.75) is 157 Å². The summed E-state index contributed by atoms with van der Waals surface area (Å²) in [5.41, 5.74) is 0.0119. The highest BCUT2D eigenvalue weighted by atomic mass is 32.2. The largest absolute Gasteiger partial charge is 0.481 e. The van der Waals surface area contributed by atoms with Crippen LogP contribution >= 0.6 is 0 Å². The third-order valence-corrected chi connectivity index (χ3v) is 17.6. The van der Waals surface area contributed by atoms with Crippen LogP contribution in [0, 0.1) is 50.7 Å². The smallest absolute Gasteiger partial charge is 0.408 e. The van der Waals surface area contributed by atoms with E-state index in [1.807, 2.05) is 0 Å². The first-order valence-electron chi connectivity index (χ1n) is 19.8. The maximum Gasteiger partial charge on any atom is 0.408 e. The number of rotatable bonds is 7. The van der Waals surface area contributed by atoms with Crippen molar-refractivity contribution in [1.29, 1.82) is 0 Å². The zero-order chi connectivity index (χ0) is 38.4. The van der Waals surface area contributed by atoms with E-state index < -0.39 is 44.9 Å². The van der Waals surface area contributed by atoms with E-state index in [1.54, 1.807) is 13.8 Å². The number of amides is 1. The second-order valence-corrected chi connectivity index (χ2v) is 22.2. The summed E-state index contributed by atoms with van der Waals surface area (Å²) in [5, 5.41) is 12.8. The topological polar surface area (TPSA) is 153 Å². The summed E-state index contributed by atoms with van der Waals surface area (Å²) >= 11 is 0. The van der Waals surface area contributed by atoms with E-state index in [0.29, 0.717) is 31.1 Å². The van der Waals surface area contributed by atoms with Crippen LogP contribution in [0.25, 0.3) is 0 Å². The minimum Gasteiger partial charge on any atom is -0.481 e. The zero-order valence-electron chi connectivity index (χ0n) is 33.0. The van der Waals surface area contributed by atoms with E-state index in [2.05, 4.69) is 53.8 Å². The van der Waals surface area contributed by atoms with Crippen LogP contribution in [0.5, 0.6) is 0 Å². The quantitative estimate of drug-likeness (QED) is 0.200. The average Bonchev–Trinajstić information content (AvgIpc) is 3.31. The van der Waals surface area contributed by atoms with Crippen LogP contribution in [0.4, 0.5) is 4.79 Å². The number of alkyl carbamates (subject to hydrolysis) is 1. The van der Waals surface area contributed by atoms with Crippen molar-refractivity contribution in [1.82, 2.24) is 5.32 Å². The first-order chi connectivity index (χ1) is 23.9. The summed E-state index contributed by atoms with van der Waals surface area (Å²) < 4.78 is 35.9. The number of hydrogen-bond acceptors (Lipinski definition) is 8. The lowest BCUT2D eigenvalue weighted by atomic mass is 9.34. The fraction of sp³-hybridized carbons (Fsp3) is 0.854. The van der Waals surface area contributed by atoms with Crippen LogP contribution in [-0.2, 0) is 33.7 Å². The van der Waals surface area contributed by atoms with Gasteiger partial charge in [0.15, 0.2) is 9.84 Å². The highest BCUT2D eigenvalue weighted by Gasteiger charge is 2.69. The molecule has 52 heavy (non-hydrogen) atoms. The molecule has 6 rings (SSSR count). The first-order valence-corrected chi connectivity index (χ1v) is 21.6. The molecule has 0 spiro atoms. The van der Waals surface area contributed by atoms with Crippen molar-refractivity contribution in [3.63, 3.8) is 0 Å². The number of Topliss-reactive ketones (excluding diaryl/α,β-unsaturated/α-hetero) is 1. The number of allylic oxidation sites excluding steroid dienone is 1. The van der Waals surface area contributed by atoms with Crippen LogP contribution in [0.15, 0.2) is 11.1 Å². The Morgan fingerprint density at radius 2 is 1.56 bits per heavy atom. The Morgan fingerprint density at radius 3 is 2.17 bits per heavy atom. The Morgan fingerprint density at radius 1 is 0.904 bits per heavy atom. The normalized spacial score (nSPS) is 39.8. The molecule has 0 aromatic rings. The van der Waals surface area contributed by atoms with Crippen molar-refractivity contribution in [3.05, 3.63) is 11.1 Å². The molecule has 1 amide bonds. The maximum absolute atomic E-state index is 13.9. The van der Waals surface area contributed by atoms with Gasteiger partial charge in [-0.15, -0.1) is 0 Å². The van der Waals surface area contributed by atoms with Crippen LogP contribution in [0.1, 0.15) is 139 Å². The van der Waals surface area contributed by atoms with Gasteiger partial charge in [-0.3, -0.25) is 14.4 Å². The molecule has 11 heteroatoms. The minimum atomic E-state index is -3.09. The number of hydrogen-bond donors (Lipinski definition) is 2. The van der Waals surface area contributed by atoms with Crippen LogP contribution in [0.3, 0.4) is 0 Å². The van der Waals surface area contributed by atoms with Gasteiger partial charge in [-0.1, -0.05) is 54.0 Å². The molecule has 0 aromatic carbocycles. The Kier molecular flexibility index (Phi) is 9.69. The first kappa shape index (κ1) is 39.3. The molecule has 0 radical (unpaired) electrons. The van der Waals surface area contributed by atoms with Crippen LogP contribution in [-0.4, -0.2) is 66.6 Å². The van der Waals surface area contributed by atoms with Crippen LogP contribution < -0.4 is 5.32 Å². The number of sulfone groups is 1. The highest BCUT2D eigenvalue weighted by molar-refractivity contribution is 7.91. The number of carbonyl (C=O) groups is 4. The number of fused-ring (bicyclic) bond motifs is 6. The molecule has 8 atom stereocenters. The molecular formula is C41H63NO9S. The number of ketones is 1. The molecule has 10 nitrogen and oxygen atoms in total. The van der Waals surface area contributed by atoms with Gasteiger partial charge in [0.05, 0.1) is 28.9 Å². The number of esters is 1. The second-order valence-electron chi connectivity index (χ2n) is 19.9. The zero-order valence-corrected chi connectivity index (χ0v) is 33.8. The van der Waals surface area contributed by atoms with E-state index in [1.165, 1.54) is 5.57 Å². The number of carboxylic acid groups (broad SMARTS) is 1. The molecule has 0 aromatic heterocycles. The Hall–Kier alpha value is -2.43. The Labute approximate surface area is 310 Å². The molecule has 1 saturated heterocycles. The second kappa shape index (κ2) is 12.8. The SMILES string of the molecule is CC(C)C1C(=O)C[C@]2(NC(=O)OC3CCS(=O)(=O)CC3)CC[C@]3(C)C(=C12)CCC1[C@@]2(C)CC[C@H](OC(=O)CC(C)(C)C(=O)O)C(C)(C)C2CC[C@]13C. The van der Waals surface area contributed by atoms with Gasteiger partial charge in [-0.25, -0.2) is 13.2 Å². The van der Waals surface area contributed by atoms with E-state index in [-0.39, 0.29) is 69.7 Å². The Bertz CT molecular complexity index is 1650. The van der Waals surface area contributed by atoms with Crippen molar-refractivity contribution in [3.8, 4) is 0 Å². The molecule has 1 aliphatic heterocycles. The van der Waals surface area contributed by atoms with Crippen molar-refractivity contribution in [2.75, 3.05) is 11.5 Å². The fourth-order valence-corrected chi connectivity index (χ4v) is 14.3. The highest BCUT2D eigenvalue weighted by Crippen LogP contribution is 2.75. The maximum atomic E-state index is 13.9. The molecule has 5 aliphatic carbocycles. The lowest BCUT2D eigenvalue weighted by molar-refractivity contribution is -0.214. The predicted molar refractivity (Wildman–Crippen MR) is 197 cm³/mol. The molecule has 0 bridgehead atoms. The standard InChI is InChI=1S/C41H63NO9S/c1-24(2)32-27(43)22-41(42-35(47)50-25-14-20-52(48,49)21-15-25)19-18-39(8)26(33(32)41)10-11-29-38(7)16-13-30(51-31(44)23-36(3,4)34(45)46)37(5,6)28(38)12-17-40(29,39)9/h24-25,28-30,32H,10-23H2,1-9H3,(H,42,47)(H,45,46)/t28?,29?,30-,32?,38-,39+,40+,41+/m0/s1. The summed E-state index contributed by atoms with van der Waals surface area (Å²) in [6.45, 7) is 19.2. The lowest BCUT2D eigenvalue weighted by Crippen LogP contribution is -2.65. The third-order valence-electron chi connectivity index (χ3n) is 15.8. The van der Waals surface area contributed by atoms with E-state index >= 15 is 0 Å². The van der Waals surface area contributed by atoms with Gasteiger partial charge in [0.1, 0.15) is 18.0 Å². The van der Waals surface area contributed by atoms with Gasteiger partial charge in [0.2, 0.25) is 0 Å². The molecule has 5 fully saturated rings. The summed E-state index contributed by atoms with van der Waals surface area (Å²) in [6, 6.07) is 0. The number of nitrogens with one attached hydrogen (secondary N) is 1. The molecule has 3 unspecified atom stereocenters. The number of carbonyl (C=O) groups excluding carboxylic acids is 3. The fourth-order valence-electron chi connectivity index (χ4n) is 12.8. The van der Waals surface area contributed by atoms with Gasteiger partial charge in [-0.2, -0.15) is 0 Å². The van der Waals surface area contributed by atoms with Crippen molar-refractivity contribution < 1.29 is 42.2 Å². The predicted octanol–water partition coefficient (Wildman–Crippen LogP) is 7.44. The Balaban J connectivity index is 1.28. The molecular weight excluding hydrogens is 683 g/mol. The van der Waals surface area contributed by atoms with Gasteiger partial charge >= 0.3 is 18.0 Å². The lowest BCUT2D eigenvalue weighted by Gasteiger charge is -2.70. The molecule has 4 saturated carbocycles. The summed E-state index contributed by atoms with van der Waals surface area (Å²) in [5.74, 6) is -0.694. The van der Waals surface area contributed by atoms with Gasteiger partial charge in [0.25, 0.3) is 0 Å².